The highest BCUT2D eigenvalue weighted by Crippen LogP contribution is 2.44. The summed E-state index contributed by atoms with van der Waals surface area (Å²) in [5.41, 5.74) is 1.16. The van der Waals surface area contributed by atoms with Crippen molar-refractivity contribution >= 4 is 28.9 Å². The first-order valence-corrected chi connectivity index (χ1v) is 7.47. The van der Waals surface area contributed by atoms with Gasteiger partial charge in [-0.05, 0) is 42.5 Å². The van der Waals surface area contributed by atoms with Gasteiger partial charge >= 0.3 is 0 Å². The van der Waals surface area contributed by atoms with E-state index in [4.69, 9.17) is 23.2 Å². The van der Waals surface area contributed by atoms with Gasteiger partial charge in [0.2, 0.25) is 0 Å². The van der Waals surface area contributed by atoms with Gasteiger partial charge in [-0.1, -0.05) is 35.3 Å². The van der Waals surface area contributed by atoms with Gasteiger partial charge in [0.25, 0.3) is 0 Å². The van der Waals surface area contributed by atoms with Crippen LogP contribution < -0.4 is 5.32 Å². The molecule has 0 bridgehead atoms. The van der Waals surface area contributed by atoms with E-state index in [-0.39, 0.29) is 16.8 Å². The molecule has 0 spiro atoms. The molecule has 1 saturated carbocycles. The molecule has 1 fully saturated rings. The van der Waals surface area contributed by atoms with Gasteiger partial charge in [-0.3, -0.25) is 0 Å². The maximum atomic E-state index is 13.9. The van der Waals surface area contributed by atoms with Crippen LogP contribution in [0, 0.1) is 17.6 Å². The van der Waals surface area contributed by atoms with E-state index in [1.807, 2.05) is 12.1 Å². The van der Waals surface area contributed by atoms with E-state index in [2.05, 4.69) is 5.32 Å². The van der Waals surface area contributed by atoms with Gasteiger partial charge in [0.05, 0.1) is 16.8 Å². The predicted octanol–water partition coefficient (Wildman–Crippen LogP) is 5.83. The molecule has 21 heavy (non-hydrogen) atoms. The van der Waals surface area contributed by atoms with Crippen LogP contribution in [0.25, 0.3) is 0 Å². The average Bonchev–Trinajstić information content (AvgIpc) is 3.24. The second-order valence-electron chi connectivity index (χ2n) is 5.26. The molecule has 1 N–H and O–H groups in total. The third kappa shape index (κ3) is 3.30. The molecule has 0 radical (unpaired) electrons. The zero-order valence-electron chi connectivity index (χ0n) is 11.0. The minimum absolute atomic E-state index is 0.0483. The Kier molecular flexibility index (Phi) is 4.05. The molecule has 110 valence electrons. The van der Waals surface area contributed by atoms with Crippen LogP contribution in [0.3, 0.4) is 0 Å². The van der Waals surface area contributed by atoms with Crippen LogP contribution in [0.2, 0.25) is 10.0 Å². The van der Waals surface area contributed by atoms with Gasteiger partial charge in [0.15, 0.2) is 5.82 Å². The van der Waals surface area contributed by atoms with Crippen molar-refractivity contribution in [3.63, 3.8) is 0 Å². The summed E-state index contributed by atoms with van der Waals surface area (Å²) in [6.45, 7) is 0. The Balaban J connectivity index is 1.91. The van der Waals surface area contributed by atoms with E-state index in [1.54, 1.807) is 12.1 Å². The molecule has 0 aromatic heterocycles. The van der Waals surface area contributed by atoms with Crippen molar-refractivity contribution in [3.8, 4) is 0 Å². The highest BCUT2D eigenvalue weighted by molar-refractivity contribution is 6.33. The summed E-state index contributed by atoms with van der Waals surface area (Å²) in [7, 11) is 0. The highest BCUT2D eigenvalue weighted by atomic mass is 35.5. The lowest BCUT2D eigenvalue weighted by Crippen LogP contribution is -2.14. The zero-order valence-corrected chi connectivity index (χ0v) is 12.6. The van der Waals surface area contributed by atoms with Crippen molar-refractivity contribution < 1.29 is 8.78 Å². The molecule has 0 amide bonds. The Morgan fingerprint density at radius 1 is 1.05 bits per heavy atom. The molecule has 1 aliphatic rings. The quantitative estimate of drug-likeness (QED) is 0.744. The Hall–Kier alpha value is -1.32. The van der Waals surface area contributed by atoms with Crippen molar-refractivity contribution in [1.29, 1.82) is 0 Å². The van der Waals surface area contributed by atoms with E-state index in [0.717, 1.165) is 30.5 Å². The largest absolute Gasteiger partial charge is 0.374 e. The van der Waals surface area contributed by atoms with Crippen molar-refractivity contribution in [2.75, 3.05) is 5.32 Å². The van der Waals surface area contributed by atoms with Crippen molar-refractivity contribution in [1.82, 2.24) is 0 Å². The summed E-state index contributed by atoms with van der Waals surface area (Å²) >= 11 is 11.8. The summed E-state index contributed by atoms with van der Waals surface area (Å²) in [6, 6.07) is 9.31. The van der Waals surface area contributed by atoms with Crippen molar-refractivity contribution in [2.45, 2.75) is 18.9 Å². The third-order valence-corrected chi connectivity index (χ3v) is 4.18. The molecular formula is C16H13Cl2F2N. The number of nitrogens with one attached hydrogen (secondary N) is 1. The van der Waals surface area contributed by atoms with E-state index in [9.17, 15) is 8.78 Å². The summed E-state index contributed by atoms with van der Waals surface area (Å²) in [5, 5.41) is 3.82. The maximum absolute atomic E-state index is 13.9. The molecule has 2 aromatic carbocycles. The smallest absolute Gasteiger partial charge is 0.150 e. The zero-order chi connectivity index (χ0) is 15.0. The van der Waals surface area contributed by atoms with E-state index in [0.29, 0.717) is 10.9 Å². The number of hydrogen-bond acceptors (Lipinski definition) is 1. The summed E-state index contributed by atoms with van der Waals surface area (Å²) in [5.74, 6) is -0.941. The third-order valence-electron chi connectivity index (χ3n) is 3.63. The number of halogens is 4. The molecule has 0 saturated heterocycles. The fraction of sp³-hybridized carbons (Fsp3) is 0.250. The van der Waals surface area contributed by atoms with Gasteiger partial charge in [-0.25, -0.2) is 8.78 Å². The Morgan fingerprint density at radius 2 is 1.71 bits per heavy atom. The van der Waals surface area contributed by atoms with Gasteiger partial charge in [-0.2, -0.15) is 0 Å². The van der Waals surface area contributed by atoms with E-state index < -0.39 is 11.6 Å². The lowest BCUT2D eigenvalue weighted by atomic mass is 10.0. The fourth-order valence-electron chi connectivity index (χ4n) is 2.41. The molecule has 5 heteroatoms. The van der Waals surface area contributed by atoms with Gasteiger partial charge in [0.1, 0.15) is 5.82 Å². The Labute approximate surface area is 131 Å². The van der Waals surface area contributed by atoms with Gasteiger partial charge in [-0.15, -0.1) is 0 Å². The van der Waals surface area contributed by atoms with Crippen LogP contribution >= 0.6 is 23.2 Å². The van der Waals surface area contributed by atoms with Crippen LogP contribution in [-0.4, -0.2) is 0 Å². The molecule has 1 atom stereocenters. The summed E-state index contributed by atoms with van der Waals surface area (Å²) in [4.78, 5) is 0. The molecular weight excluding hydrogens is 315 g/mol. The minimum Gasteiger partial charge on any atom is -0.374 e. The lowest BCUT2D eigenvalue weighted by molar-refractivity contribution is 0.580. The maximum Gasteiger partial charge on any atom is 0.150 e. The van der Waals surface area contributed by atoms with Crippen molar-refractivity contribution in [2.24, 2.45) is 5.92 Å². The van der Waals surface area contributed by atoms with Crippen LogP contribution in [0.1, 0.15) is 24.4 Å². The minimum atomic E-state index is -0.683. The molecule has 2 aromatic rings. The Morgan fingerprint density at radius 3 is 2.29 bits per heavy atom. The number of benzene rings is 2. The second kappa shape index (κ2) is 5.82. The number of anilines is 1. The SMILES string of the molecule is Fc1cc(F)c(NC(c2ccc(Cl)cc2)C2CC2)c(Cl)c1. The van der Waals surface area contributed by atoms with Gasteiger partial charge in [0, 0.05) is 11.1 Å². The lowest BCUT2D eigenvalue weighted by Gasteiger charge is -2.21. The first-order chi connectivity index (χ1) is 10.0. The summed E-state index contributed by atoms with van der Waals surface area (Å²) < 4.78 is 27.0. The van der Waals surface area contributed by atoms with E-state index >= 15 is 0 Å². The first kappa shape index (κ1) is 14.6. The average molecular weight is 328 g/mol. The van der Waals surface area contributed by atoms with Crippen LogP contribution in [0.4, 0.5) is 14.5 Å². The van der Waals surface area contributed by atoms with E-state index in [1.165, 1.54) is 0 Å². The van der Waals surface area contributed by atoms with Crippen LogP contribution in [-0.2, 0) is 0 Å². The predicted molar refractivity (Wildman–Crippen MR) is 81.9 cm³/mol. The van der Waals surface area contributed by atoms with Crippen LogP contribution in [0.15, 0.2) is 36.4 Å². The first-order valence-electron chi connectivity index (χ1n) is 6.71. The standard InChI is InChI=1S/C16H13Cl2F2N/c17-11-5-3-10(4-6-11)15(9-1-2-9)21-16-13(18)7-12(19)8-14(16)20/h3-9,15,21H,1-2H2. The molecule has 0 heterocycles. The topological polar surface area (TPSA) is 12.0 Å². The summed E-state index contributed by atoms with van der Waals surface area (Å²) in [6.07, 6.45) is 2.14. The Bertz CT molecular complexity index is 631. The molecule has 3 rings (SSSR count). The molecule has 1 unspecified atom stereocenters. The monoisotopic (exact) mass is 327 g/mol. The fourth-order valence-corrected chi connectivity index (χ4v) is 2.78. The molecule has 1 aliphatic carbocycles. The van der Waals surface area contributed by atoms with Crippen LogP contribution in [0.5, 0.6) is 0 Å². The normalized spacial score (nSPS) is 15.8. The highest BCUT2D eigenvalue weighted by Gasteiger charge is 2.33. The number of rotatable bonds is 4. The molecule has 1 nitrogen and oxygen atoms in total. The van der Waals surface area contributed by atoms with Gasteiger partial charge < -0.3 is 5.32 Å². The number of hydrogen-bond donors (Lipinski definition) is 1. The second-order valence-corrected chi connectivity index (χ2v) is 6.10. The molecule has 0 aliphatic heterocycles. The van der Waals surface area contributed by atoms with Crippen molar-refractivity contribution in [3.05, 3.63) is 63.6 Å².